The Kier molecular flexibility index (Phi) is 6.58. The molecule has 0 aliphatic carbocycles. The molecule has 0 saturated heterocycles. The Morgan fingerprint density at radius 1 is 1.32 bits per heavy atom. The van der Waals surface area contributed by atoms with Gasteiger partial charge in [-0.2, -0.15) is 5.10 Å². The van der Waals surface area contributed by atoms with Gasteiger partial charge in [0.25, 0.3) is 0 Å². The molecule has 136 valence electrons. The van der Waals surface area contributed by atoms with E-state index in [1.807, 2.05) is 63.7 Å². The van der Waals surface area contributed by atoms with E-state index in [9.17, 15) is 4.79 Å². The Bertz CT molecular complexity index is 724. The van der Waals surface area contributed by atoms with Crippen LogP contribution >= 0.6 is 0 Å². The van der Waals surface area contributed by atoms with Crippen molar-refractivity contribution in [2.24, 2.45) is 7.05 Å². The Balaban J connectivity index is 1.96. The van der Waals surface area contributed by atoms with Gasteiger partial charge >= 0.3 is 6.03 Å². The van der Waals surface area contributed by atoms with Gasteiger partial charge in [0.15, 0.2) is 0 Å². The third kappa shape index (κ3) is 5.06. The summed E-state index contributed by atoms with van der Waals surface area (Å²) in [6.45, 7) is 9.12. The molecule has 25 heavy (non-hydrogen) atoms. The summed E-state index contributed by atoms with van der Waals surface area (Å²) in [5, 5.41) is 10.3. The summed E-state index contributed by atoms with van der Waals surface area (Å²) >= 11 is 0. The van der Waals surface area contributed by atoms with Crippen LogP contribution in [0.4, 0.5) is 10.5 Å². The quantitative estimate of drug-likeness (QED) is 0.809. The molecule has 1 aromatic carbocycles. The van der Waals surface area contributed by atoms with Crippen LogP contribution in [0.3, 0.4) is 0 Å². The zero-order valence-corrected chi connectivity index (χ0v) is 15.7. The van der Waals surface area contributed by atoms with E-state index in [0.717, 1.165) is 29.1 Å². The number of nitrogens with zero attached hydrogens (tertiary/aromatic N) is 2. The van der Waals surface area contributed by atoms with Crippen molar-refractivity contribution < 1.29 is 9.53 Å². The summed E-state index contributed by atoms with van der Waals surface area (Å²) < 4.78 is 7.33. The van der Waals surface area contributed by atoms with Gasteiger partial charge in [0.05, 0.1) is 12.3 Å². The minimum Gasteiger partial charge on any atom is -0.377 e. The molecule has 0 bridgehead atoms. The first-order chi connectivity index (χ1) is 11.9. The molecule has 2 aromatic rings. The SMILES string of the molecule is CCOCc1ccccc1NC(=O)NC(C)Cc1c(C)nn(C)c1C. The number of anilines is 1. The fraction of sp³-hybridized carbons (Fsp3) is 0.474. The smallest absolute Gasteiger partial charge is 0.319 e. The summed E-state index contributed by atoms with van der Waals surface area (Å²) in [4.78, 5) is 12.3. The number of carbonyl (C=O) groups excluding carboxylic acids is 1. The van der Waals surface area contributed by atoms with Crippen LogP contribution in [0.5, 0.6) is 0 Å². The number of hydrogen-bond donors (Lipinski definition) is 2. The van der Waals surface area contributed by atoms with Gasteiger partial charge in [0, 0.05) is 36.6 Å². The molecular formula is C19H28N4O2. The first kappa shape index (κ1) is 19.0. The summed E-state index contributed by atoms with van der Waals surface area (Å²) in [6, 6.07) is 7.46. The van der Waals surface area contributed by atoms with E-state index in [2.05, 4.69) is 15.7 Å². The molecular weight excluding hydrogens is 316 g/mol. The normalized spacial score (nSPS) is 12.0. The van der Waals surface area contributed by atoms with Gasteiger partial charge < -0.3 is 15.4 Å². The average Bonchev–Trinajstić information content (AvgIpc) is 2.80. The van der Waals surface area contributed by atoms with Crippen molar-refractivity contribution >= 4 is 11.7 Å². The molecule has 0 radical (unpaired) electrons. The van der Waals surface area contributed by atoms with E-state index in [1.165, 1.54) is 5.56 Å². The topological polar surface area (TPSA) is 68.2 Å². The minimum absolute atomic E-state index is 0.000606. The number of benzene rings is 1. The minimum atomic E-state index is -0.212. The second kappa shape index (κ2) is 8.67. The van der Waals surface area contributed by atoms with Crippen molar-refractivity contribution in [2.45, 2.75) is 46.8 Å². The first-order valence-electron chi connectivity index (χ1n) is 8.64. The third-order valence-electron chi connectivity index (χ3n) is 4.27. The monoisotopic (exact) mass is 344 g/mol. The van der Waals surface area contributed by atoms with Gasteiger partial charge in [-0.15, -0.1) is 0 Å². The lowest BCUT2D eigenvalue weighted by Gasteiger charge is -2.16. The second-order valence-electron chi connectivity index (χ2n) is 6.27. The lowest BCUT2D eigenvalue weighted by atomic mass is 10.1. The number of aromatic nitrogens is 2. The van der Waals surface area contributed by atoms with Crippen molar-refractivity contribution in [3.63, 3.8) is 0 Å². The lowest BCUT2D eigenvalue weighted by Crippen LogP contribution is -2.37. The van der Waals surface area contributed by atoms with Gasteiger partial charge in [-0.3, -0.25) is 4.68 Å². The van der Waals surface area contributed by atoms with Crippen LogP contribution in [0.25, 0.3) is 0 Å². The number of aryl methyl sites for hydroxylation is 2. The first-order valence-corrected chi connectivity index (χ1v) is 8.64. The van der Waals surface area contributed by atoms with E-state index in [4.69, 9.17) is 4.74 Å². The Hall–Kier alpha value is -2.34. The number of ether oxygens (including phenoxy) is 1. The lowest BCUT2D eigenvalue weighted by molar-refractivity contribution is 0.134. The number of rotatable bonds is 7. The van der Waals surface area contributed by atoms with Gasteiger partial charge in [0.2, 0.25) is 0 Å². The second-order valence-corrected chi connectivity index (χ2v) is 6.27. The van der Waals surface area contributed by atoms with Crippen molar-refractivity contribution in [1.82, 2.24) is 15.1 Å². The Morgan fingerprint density at radius 2 is 2.04 bits per heavy atom. The van der Waals surface area contributed by atoms with E-state index < -0.39 is 0 Å². The Labute approximate surface area is 149 Å². The predicted octanol–water partition coefficient (Wildman–Crippen LogP) is 3.33. The molecule has 6 nitrogen and oxygen atoms in total. The maximum absolute atomic E-state index is 12.3. The van der Waals surface area contributed by atoms with Crippen molar-refractivity contribution in [3.05, 3.63) is 46.8 Å². The zero-order valence-electron chi connectivity index (χ0n) is 15.7. The van der Waals surface area contributed by atoms with Crippen LogP contribution in [0.1, 0.15) is 36.4 Å². The van der Waals surface area contributed by atoms with Crippen LogP contribution in [0.2, 0.25) is 0 Å². The molecule has 1 aromatic heterocycles. The number of carbonyl (C=O) groups is 1. The molecule has 1 unspecified atom stereocenters. The molecule has 2 amide bonds. The van der Waals surface area contributed by atoms with Gasteiger partial charge in [-0.1, -0.05) is 18.2 Å². The molecule has 2 rings (SSSR count). The van der Waals surface area contributed by atoms with Crippen molar-refractivity contribution in [1.29, 1.82) is 0 Å². The van der Waals surface area contributed by atoms with Crippen LogP contribution in [0, 0.1) is 13.8 Å². The number of amides is 2. The molecule has 2 N–H and O–H groups in total. The highest BCUT2D eigenvalue weighted by molar-refractivity contribution is 5.90. The van der Waals surface area contributed by atoms with Crippen molar-refractivity contribution in [3.8, 4) is 0 Å². The van der Waals surface area contributed by atoms with E-state index in [1.54, 1.807) is 0 Å². The van der Waals surface area contributed by atoms with Crippen LogP contribution in [0.15, 0.2) is 24.3 Å². The standard InChI is InChI=1S/C19H28N4O2/c1-6-25-12-16-9-7-8-10-18(16)21-19(24)20-13(2)11-17-14(3)22-23(5)15(17)4/h7-10,13H,6,11-12H2,1-5H3,(H2,20,21,24). The average molecular weight is 344 g/mol. The van der Waals surface area contributed by atoms with Gasteiger partial charge in [-0.25, -0.2) is 4.79 Å². The molecule has 0 aliphatic heterocycles. The number of urea groups is 1. The van der Waals surface area contributed by atoms with E-state index in [-0.39, 0.29) is 12.1 Å². The highest BCUT2D eigenvalue weighted by Gasteiger charge is 2.15. The van der Waals surface area contributed by atoms with E-state index in [0.29, 0.717) is 13.2 Å². The summed E-state index contributed by atoms with van der Waals surface area (Å²) in [5.41, 5.74) is 5.07. The van der Waals surface area contributed by atoms with Crippen LogP contribution in [-0.2, 0) is 24.8 Å². The molecule has 1 atom stereocenters. The van der Waals surface area contributed by atoms with Gasteiger partial charge in [-0.05, 0) is 45.7 Å². The molecule has 0 spiro atoms. The highest BCUT2D eigenvalue weighted by atomic mass is 16.5. The molecule has 0 saturated carbocycles. The Morgan fingerprint density at radius 3 is 2.68 bits per heavy atom. The van der Waals surface area contributed by atoms with Gasteiger partial charge in [0.1, 0.15) is 0 Å². The third-order valence-corrected chi connectivity index (χ3v) is 4.27. The predicted molar refractivity (Wildman–Crippen MR) is 99.8 cm³/mol. The van der Waals surface area contributed by atoms with E-state index >= 15 is 0 Å². The maximum Gasteiger partial charge on any atom is 0.319 e. The number of nitrogens with one attached hydrogen (secondary N) is 2. The van der Waals surface area contributed by atoms with Crippen LogP contribution < -0.4 is 10.6 Å². The molecule has 1 heterocycles. The summed E-state index contributed by atoms with van der Waals surface area (Å²) in [5.74, 6) is 0. The molecule has 6 heteroatoms. The fourth-order valence-corrected chi connectivity index (χ4v) is 2.83. The number of para-hydroxylation sites is 1. The maximum atomic E-state index is 12.3. The fourth-order valence-electron chi connectivity index (χ4n) is 2.83. The summed E-state index contributed by atoms with van der Waals surface area (Å²) in [6.07, 6.45) is 0.750. The molecule has 0 fully saturated rings. The molecule has 0 aliphatic rings. The van der Waals surface area contributed by atoms with Crippen molar-refractivity contribution in [2.75, 3.05) is 11.9 Å². The summed E-state index contributed by atoms with van der Waals surface area (Å²) in [7, 11) is 1.94. The largest absolute Gasteiger partial charge is 0.377 e. The number of hydrogen-bond acceptors (Lipinski definition) is 3. The van der Waals surface area contributed by atoms with Crippen LogP contribution in [-0.4, -0.2) is 28.5 Å². The highest BCUT2D eigenvalue weighted by Crippen LogP contribution is 2.17. The zero-order chi connectivity index (χ0) is 18.4.